The molecule has 0 aliphatic carbocycles. The van der Waals surface area contributed by atoms with Gasteiger partial charge in [0.2, 0.25) is 0 Å². The van der Waals surface area contributed by atoms with Crippen LogP contribution in [0, 0.1) is 16.7 Å². The average molecular weight is 209 g/mol. The van der Waals surface area contributed by atoms with Crippen LogP contribution in [-0.2, 0) is 0 Å². The molecule has 1 saturated heterocycles. The van der Waals surface area contributed by atoms with Gasteiger partial charge in [-0.2, -0.15) is 5.26 Å². The summed E-state index contributed by atoms with van der Waals surface area (Å²) in [5.74, 6) is 0. The van der Waals surface area contributed by atoms with Crippen LogP contribution in [0.2, 0.25) is 0 Å². The first kappa shape index (κ1) is 12.5. The standard InChI is InChI=1S/C12H23N3/c1-11(2)15-7-5-14(6-8-15)10-12(3,4)9-13/h11H,5-8,10H2,1-4H3. The molecule has 0 aromatic heterocycles. The minimum Gasteiger partial charge on any atom is -0.299 e. The Morgan fingerprint density at radius 2 is 1.73 bits per heavy atom. The molecule has 1 heterocycles. The Balaban J connectivity index is 2.36. The van der Waals surface area contributed by atoms with Crippen LogP contribution in [0.5, 0.6) is 0 Å². The van der Waals surface area contributed by atoms with E-state index < -0.39 is 0 Å². The molecule has 1 aliphatic rings. The van der Waals surface area contributed by atoms with Crippen molar-refractivity contribution in [3.63, 3.8) is 0 Å². The molecule has 0 N–H and O–H groups in total. The summed E-state index contributed by atoms with van der Waals surface area (Å²) in [4.78, 5) is 4.90. The van der Waals surface area contributed by atoms with Gasteiger partial charge in [-0.25, -0.2) is 0 Å². The Hall–Kier alpha value is -0.590. The lowest BCUT2D eigenvalue weighted by Gasteiger charge is -2.38. The van der Waals surface area contributed by atoms with Gasteiger partial charge in [0.25, 0.3) is 0 Å². The molecule has 3 heteroatoms. The van der Waals surface area contributed by atoms with E-state index in [0.29, 0.717) is 6.04 Å². The van der Waals surface area contributed by atoms with E-state index in [1.54, 1.807) is 0 Å². The minimum absolute atomic E-state index is 0.208. The predicted molar refractivity (Wildman–Crippen MR) is 62.5 cm³/mol. The van der Waals surface area contributed by atoms with Crippen molar-refractivity contribution in [3.8, 4) is 6.07 Å². The minimum atomic E-state index is -0.208. The van der Waals surface area contributed by atoms with Crippen molar-refractivity contribution in [2.24, 2.45) is 5.41 Å². The molecule has 1 fully saturated rings. The zero-order chi connectivity index (χ0) is 11.5. The lowest BCUT2D eigenvalue weighted by molar-refractivity contribution is 0.0916. The first-order chi connectivity index (χ1) is 6.94. The van der Waals surface area contributed by atoms with Gasteiger partial charge in [0.1, 0.15) is 0 Å². The summed E-state index contributed by atoms with van der Waals surface area (Å²) in [5.41, 5.74) is -0.208. The Morgan fingerprint density at radius 1 is 1.20 bits per heavy atom. The van der Waals surface area contributed by atoms with Crippen molar-refractivity contribution in [1.29, 1.82) is 5.26 Å². The van der Waals surface area contributed by atoms with Crippen LogP contribution in [0.15, 0.2) is 0 Å². The number of nitriles is 1. The van der Waals surface area contributed by atoms with Gasteiger partial charge in [-0.05, 0) is 27.7 Å². The first-order valence-corrected chi connectivity index (χ1v) is 5.82. The topological polar surface area (TPSA) is 30.3 Å². The van der Waals surface area contributed by atoms with Crippen LogP contribution in [0.4, 0.5) is 0 Å². The molecule has 0 amide bonds. The van der Waals surface area contributed by atoms with E-state index in [1.807, 2.05) is 13.8 Å². The fourth-order valence-corrected chi connectivity index (χ4v) is 2.03. The molecule has 86 valence electrons. The summed E-state index contributed by atoms with van der Waals surface area (Å²) >= 11 is 0. The second-order valence-corrected chi connectivity index (χ2v) is 5.40. The fourth-order valence-electron chi connectivity index (χ4n) is 2.03. The molecule has 0 aromatic carbocycles. The largest absolute Gasteiger partial charge is 0.299 e. The zero-order valence-corrected chi connectivity index (χ0v) is 10.5. The van der Waals surface area contributed by atoms with Crippen molar-refractivity contribution in [2.75, 3.05) is 32.7 Å². The molecule has 0 radical (unpaired) electrons. The van der Waals surface area contributed by atoms with Gasteiger partial charge in [-0.3, -0.25) is 9.80 Å². The van der Waals surface area contributed by atoms with E-state index in [4.69, 9.17) is 5.26 Å². The SMILES string of the molecule is CC(C)N1CCN(CC(C)(C)C#N)CC1. The average Bonchev–Trinajstić information content (AvgIpc) is 2.18. The Bertz CT molecular complexity index is 232. The van der Waals surface area contributed by atoms with E-state index in [2.05, 4.69) is 29.7 Å². The molecule has 0 atom stereocenters. The monoisotopic (exact) mass is 209 g/mol. The van der Waals surface area contributed by atoms with Crippen molar-refractivity contribution >= 4 is 0 Å². The van der Waals surface area contributed by atoms with E-state index in [0.717, 1.165) is 32.7 Å². The Labute approximate surface area is 93.7 Å². The predicted octanol–water partition coefficient (Wildman–Crippen LogP) is 1.56. The molecule has 1 aliphatic heterocycles. The lowest BCUT2D eigenvalue weighted by Crippen LogP contribution is -2.50. The van der Waals surface area contributed by atoms with Gasteiger partial charge in [0.15, 0.2) is 0 Å². The second kappa shape index (κ2) is 4.96. The maximum atomic E-state index is 8.98. The smallest absolute Gasteiger partial charge is 0.0697 e. The van der Waals surface area contributed by atoms with E-state index in [-0.39, 0.29) is 5.41 Å². The van der Waals surface area contributed by atoms with Crippen molar-refractivity contribution in [1.82, 2.24) is 9.80 Å². The fraction of sp³-hybridized carbons (Fsp3) is 0.917. The van der Waals surface area contributed by atoms with Gasteiger partial charge in [0, 0.05) is 38.8 Å². The van der Waals surface area contributed by atoms with Crippen molar-refractivity contribution in [2.45, 2.75) is 33.7 Å². The number of piperazine rings is 1. The second-order valence-electron chi connectivity index (χ2n) is 5.40. The number of hydrogen-bond donors (Lipinski definition) is 0. The zero-order valence-electron chi connectivity index (χ0n) is 10.5. The van der Waals surface area contributed by atoms with Gasteiger partial charge in [-0.1, -0.05) is 0 Å². The molecular formula is C12H23N3. The molecular weight excluding hydrogens is 186 g/mol. The summed E-state index contributed by atoms with van der Waals surface area (Å²) in [6.07, 6.45) is 0. The van der Waals surface area contributed by atoms with Crippen LogP contribution < -0.4 is 0 Å². The summed E-state index contributed by atoms with van der Waals surface area (Å²) in [7, 11) is 0. The molecule has 0 aromatic rings. The first-order valence-electron chi connectivity index (χ1n) is 5.82. The van der Waals surface area contributed by atoms with Crippen molar-refractivity contribution in [3.05, 3.63) is 0 Å². The molecule has 3 nitrogen and oxygen atoms in total. The van der Waals surface area contributed by atoms with Crippen LogP contribution >= 0.6 is 0 Å². The van der Waals surface area contributed by atoms with E-state index in [1.165, 1.54) is 0 Å². The quantitative estimate of drug-likeness (QED) is 0.706. The third kappa shape index (κ3) is 3.81. The highest BCUT2D eigenvalue weighted by atomic mass is 15.3. The third-order valence-corrected chi connectivity index (χ3v) is 3.06. The summed E-state index contributed by atoms with van der Waals surface area (Å²) < 4.78 is 0. The summed E-state index contributed by atoms with van der Waals surface area (Å²) in [6.45, 7) is 13.9. The van der Waals surface area contributed by atoms with E-state index >= 15 is 0 Å². The van der Waals surface area contributed by atoms with Gasteiger partial charge in [0.05, 0.1) is 11.5 Å². The molecule has 0 spiro atoms. The molecule has 0 unspecified atom stereocenters. The van der Waals surface area contributed by atoms with Gasteiger partial charge in [-0.15, -0.1) is 0 Å². The van der Waals surface area contributed by atoms with Crippen molar-refractivity contribution < 1.29 is 0 Å². The highest BCUT2D eigenvalue weighted by Gasteiger charge is 2.25. The number of hydrogen-bond acceptors (Lipinski definition) is 3. The molecule has 0 saturated carbocycles. The summed E-state index contributed by atoms with van der Waals surface area (Å²) in [6, 6.07) is 3.02. The van der Waals surface area contributed by atoms with Crippen LogP contribution in [0.25, 0.3) is 0 Å². The van der Waals surface area contributed by atoms with E-state index in [9.17, 15) is 0 Å². The van der Waals surface area contributed by atoms with Gasteiger partial charge >= 0.3 is 0 Å². The maximum Gasteiger partial charge on any atom is 0.0697 e. The number of rotatable bonds is 3. The van der Waals surface area contributed by atoms with Crippen LogP contribution in [-0.4, -0.2) is 48.6 Å². The molecule has 0 bridgehead atoms. The molecule has 15 heavy (non-hydrogen) atoms. The Kier molecular flexibility index (Phi) is 4.12. The highest BCUT2D eigenvalue weighted by molar-refractivity contribution is 4.94. The van der Waals surface area contributed by atoms with Crippen LogP contribution in [0.3, 0.4) is 0 Å². The Morgan fingerprint density at radius 3 is 2.13 bits per heavy atom. The lowest BCUT2D eigenvalue weighted by atomic mass is 9.95. The van der Waals surface area contributed by atoms with Crippen LogP contribution in [0.1, 0.15) is 27.7 Å². The highest BCUT2D eigenvalue weighted by Crippen LogP contribution is 2.17. The summed E-state index contributed by atoms with van der Waals surface area (Å²) in [5, 5.41) is 8.98. The normalized spacial score (nSPS) is 20.5. The molecule has 1 rings (SSSR count). The third-order valence-electron chi connectivity index (χ3n) is 3.06. The number of nitrogens with zero attached hydrogens (tertiary/aromatic N) is 3. The van der Waals surface area contributed by atoms with Gasteiger partial charge < -0.3 is 0 Å². The maximum absolute atomic E-state index is 8.98.